The van der Waals surface area contributed by atoms with Crippen LogP contribution in [0.25, 0.3) is 0 Å². The van der Waals surface area contributed by atoms with Crippen molar-refractivity contribution in [1.29, 1.82) is 0 Å². The summed E-state index contributed by atoms with van der Waals surface area (Å²) in [7, 11) is 0. The van der Waals surface area contributed by atoms with Crippen molar-refractivity contribution in [3.63, 3.8) is 0 Å². The van der Waals surface area contributed by atoms with E-state index in [1.54, 1.807) is 0 Å². The average Bonchev–Trinajstić information content (AvgIpc) is 2.84. The standard InChI is InChI=1S/C13H22N2O/c16-13(7-14-6-10-4-5-10)15-8-11-2-1-3-12(11)9-15/h10-12,14H,1-9H2. The topological polar surface area (TPSA) is 32.3 Å². The lowest BCUT2D eigenvalue weighted by Gasteiger charge is -2.17. The molecule has 16 heavy (non-hydrogen) atoms. The molecule has 2 unspecified atom stereocenters. The van der Waals surface area contributed by atoms with E-state index in [9.17, 15) is 4.79 Å². The Bertz CT molecular complexity index is 263. The number of hydrogen-bond donors (Lipinski definition) is 1. The van der Waals surface area contributed by atoms with Crippen LogP contribution in [-0.2, 0) is 4.79 Å². The Balaban J connectivity index is 1.41. The lowest BCUT2D eigenvalue weighted by Crippen LogP contribution is -2.37. The highest BCUT2D eigenvalue weighted by Crippen LogP contribution is 2.37. The van der Waals surface area contributed by atoms with Crippen LogP contribution in [-0.4, -0.2) is 37.0 Å². The minimum absolute atomic E-state index is 0.329. The second-order valence-corrected chi connectivity index (χ2v) is 5.82. The van der Waals surface area contributed by atoms with E-state index in [2.05, 4.69) is 10.2 Å². The fraction of sp³-hybridized carbons (Fsp3) is 0.923. The fourth-order valence-electron chi connectivity index (χ4n) is 3.26. The molecule has 1 aliphatic heterocycles. The molecule has 2 saturated carbocycles. The summed E-state index contributed by atoms with van der Waals surface area (Å²) in [4.78, 5) is 14.0. The number of hydrogen-bond acceptors (Lipinski definition) is 2. The van der Waals surface area contributed by atoms with Gasteiger partial charge in [-0.2, -0.15) is 0 Å². The first-order chi connectivity index (χ1) is 7.83. The number of carbonyl (C=O) groups excluding carboxylic acids is 1. The van der Waals surface area contributed by atoms with Crippen molar-refractivity contribution in [2.24, 2.45) is 17.8 Å². The largest absolute Gasteiger partial charge is 0.341 e. The molecule has 1 amide bonds. The van der Waals surface area contributed by atoms with Gasteiger partial charge in [0.2, 0.25) is 5.91 Å². The minimum atomic E-state index is 0.329. The summed E-state index contributed by atoms with van der Waals surface area (Å²) in [5, 5.41) is 3.30. The highest BCUT2D eigenvalue weighted by Gasteiger charge is 2.37. The van der Waals surface area contributed by atoms with Crippen LogP contribution in [0.4, 0.5) is 0 Å². The third-order valence-corrected chi connectivity index (χ3v) is 4.49. The SMILES string of the molecule is O=C(CNCC1CC1)N1CC2CCCC2C1. The van der Waals surface area contributed by atoms with Crippen molar-refractivity contribution < 1.29 is 4.79 Å². The molecule has 3 nitrogen and oxygen atoms in total. The highest BCUT2D eigenvalue weighted by molar-refractivity contribution is 5.78. The Morgan fingerprint density at radius 2 is 1.81 bits per heavy atom. The van der Waals surface area contributed by atoms with Gasteiger partial charge in [0, 0.05) is 13.1 Å². The number of fused-ring (bicyclic) bond motifs is 1. The van der Waals surface area contributed by atoms with Crippen LogP contribution in [0.2, 0.25) is 0 Å². The molecule has 0 aromatic carbocycles. The Hall–Kier alpha value is -0.570. The monoisotopic (exact) mass is 222 g/mol. The molecule has 0 spiro atoms. The summed E-state index contributed by atoms with van der Waals surface area (Å²) in [6, 6.07) is 0. The van der Waals surface area contributed by atoms with Crippen molar-refractivity contribution in [3.05, 3.63) is 0 Å². The van der Waals surface area contributed by atoms with E-state index in [4.69, 9.17) is 0 Å². The second kappa shape index (κ2) is 4.36. The van der Waals surface area contributed by atoms with E-state index in [1.807, 2.05) is 0 Å². The third kappa shape index (κ3) is 2.24. The lowest BCUT2D eigenvalue weighted by atomic mass is 10.0. The van der Waals surface area contributed by atoms with E-state index >= 15 is 0 Å². The zero-order chi connectivity index (χ0) is 11.0. The van der Waals surface area contributed by atoms with Crippen LogP contribution in [0.3, 0.4) is 0 Å². The lowest BCUT2D eigenvalue weighted by molar-refractivity contribution is -0.129. The van der Waals surface area contributed by atoms with E-state index in [-0.39, 0.29) is 0 Å². The Labute approximate surface area is 97.6 Å². The smallest absolute Gasteiger partial charge is 0.236 e. The van der Waals surface area contributed by atoms with Crippen LogP contribution in [0, 0.1) is 17.8 Å². The molecule has 3 heteroatoms. The summed E-state index contributed by atoms with van der Waals surface area (Å²) in [5.41, 5.74) is 0. The van der Waals surface area contributed by atoms with Crippen molar-refractivity contribution in [3.8, 4) is 0 Å². The highest BCUT2D eigenvalue weighted by atomic mass is 16.2. The number of likely N-dealkylation sites (tertiary alicyclic amines) is 1. The first kappa shape index (κ1) is 10.6. The molecule has 2 atom stereocenters. The minimum Gasteiger partial charge on any atom is -0.341 e. The molecule has 3 aliphatic rings. The molecule has 0 aromatic rings. The summed E-state index contributed by atoms with van der Waals surface area (Å²) >= 11 is 0. The maximum absolute atomic E-state index is 11.9. The van der Waals surface area contributed by atoms with Gasteiger partial charge >= 0.3 is 0 Å². The van der Waals surface area contributed by atoms with E-state index in [0.717, 1.165) is 37.4 Å². The van der Waals surface area contributed by atoms with Gasteiger partial charge in [0.05, 0.1) is 6.54 Å². The van der Waals surface area contributed by atoms with Gasteiger partial charge in [-0.15, -0.1) is 0 Å². The average molecular weight is 222 g/mol. The van der Waals surface area contributed by atoms with Gasteiger partial charge in [-0.3, -0.25) is 4.79 Å². The molecule has 0 radical (unpaired) electrons. The molecular formula is C13H22N2O. The molecule has 0 aromatic heterocycles. The van der Waals surface area contributed by atoms with Crippen LogP contribution in [0.1, 0.15) is 32.1 Å². The first-order valence-electron chi connectivity index (χ1n) is 6.81. The third-order valence-electron chi connectivity index (χ3n) is 4.49. The predicted octanol–water partition coefficient (Wildman–Crippen LogP) is 1.24. The van der Waals surface area contributed by atoms with Gasteiger partial charge in [-0.05, 0) is 50.0 Å². The summed E-state index contributed by atoms with van der Waals surface area (Å²) in [5.74, 6) is 2.85. The van der Waals surface area contributed by atoms with Gasteiger partial charge in [0.1, 0.15) is 0 Å². The van der Waals surface area contributed by atoms with Gasteiger partial charge in [-0.25, -0.2) is 0 Å². The predicted molar refractivity (Wildman–Crippen MR) is 63.0 cm³/mol. The van der Waals surface area contributed by atoms with E-state index in [0.29, 0.717) is 12.5 Å². The van der Waals surface area contributed by atoms with Crippen LogP contribution in [0.5, 0.6) is 0 Å². The second-order valence-electron chi connectivity index (χ2n) is 5.82. The molecular weight excluding hydrogens is 200 g/mol. The zero-order valence-electron chi connectivity index (χ0n) is 9.95. The summed E-state index contributed by atoms with van der Waals surface area (Å²) in [6.45, 7) is 3.69. The molecule has 3 fully saturated rings. The molecule has 1 saturated heterocycles. The Morgan fingerprint density at radius 1 is 1.12 bits per heavy atom. The maximum atomic E-state index is 11.9. The molecule has 3 rings (SSSR count). The molecule has 2 aliphatic carbocycles. The van der Waals surface area contributed by atoms with E-state index in [1.165, 1.54) is 32.1 Å². The Kier molecular flexibility index (Phi) is 2.88. The fourth-order valence-corrected chi connectivity index (χ4v) is 3.26. The van der Waals surface area contributed by atoms with Crippen molar-refractivity contribution in [2.75, 3.05) is 26.2 Å². The van der Waals surface area contributed by atoms with Gasteiger partial charge in [-0.1, -0.05) is 6.42 Å². The maximum Gasteiger partial charge on any atom is 0.236 e. The van der Waals surface area contributed by atoms with Crippen LogP contribution in [0.15, 0.2) is 0 Å². The Morgan fingerprint density at radius 3 is 2.44 bits per heavy atom. The molecule has 1 heterocycles. The van der Waals surface area contributed by atoms with Gasteiger partial charge in [0.25, 0.3) is 0 Å². The van der Waals surface area contributed by atoms with Gasteiger partial charge in [0.15, 0.2) is 0 Å². The number of amides is 1. The molecule has 1 N–H and O–H groups in total. The van der Waals surface area contributed by atoms with Crippen molar-refractivity contribution >= 4 is 5.91 Å². The number of nitrogens with zero attached hydrogens (tertiary/aromatic N) is 1. The number of carbonyl (C=O) groups is 1. The number of nitrogens with one attached hydrogen (secondary N) is 1. The normalized spacial score (nSPS) is 33.1. The number of rotatable bonds is 4. The zero-order valence-corrected chi connectivity index (χ0v) is 9.95. The first-order valence-corrected chi connectivity index (χ1v) is 6.81. The van der Waals surface area contributed by atoms with Crippen molar-refractivity contribution in [1.82, 2.24) is 10.2 Å². The summed E-state index contributed by atoms with van der Waals surface area (Å²) in [6.07, 6.45) is 6.80. The van der Waals surface area contributed by atoms with Crippen LogP contribution < -0.4 is 5.32 Å². The summed E-state index contributed by atoms with van der Waals surface area (Å²) < 4.78 is 0. The quantitative estimate of drug-likeness (QED) is 0.776. The van der Waals surface area contributed by atoms with Crippen molar-refractivity contribution in [2.45, 2.75) is 32.1 Å². The molecule has 90 valence electrons. The molecule has 0 bridgehead atoms. The van der Waals surface area contributed by atoms with E-state index < -0.39 is 0 Å². The van der Waals surface area contributed by atoms with Gasteiger partial charge < -0.3 is 10.2 Å². The van der Waals surface area contributed by atoms with Crippen LogP contribution >= 0.6 is 0 Å².